The quantitative estimate of drug-likeness (QED) is 0.0480. The summed E-state index contributed by atoms with van der Waals surface area (Å²) >= 11 is 14.7. The molecule has 0 radical (unpaired) electrons. The van der Waals surface area contributed by atoms with Crippen LogP contribution in [-0.4, -0.2) is 254 Å². The van der Waals surface area contributed by atoms with Crippen molar-refractivity contribution >= 4 is 76.4 Å². The zero-order valence-electron chi connectivity index (χ0n) is 71.0. The van der Waals surface area contributed by atoms with Gasteiger partial charge in [-0.15, -0.1) is 0 Å². The van der Waals surface area contributed by atoms with Gasteiger partial charge in [0.15, 0.2) is 35.3 Å². The fourth-order valence-corrected chi connectivity index (χ4v) is 17.1. The van der Waals surface area contributed by atoms with Crippen molar-refractivity contribution in [2.75, 3.05) is 19.8 Å². The molecule has 133 heavy (non-hydrogen) atoms. The van der Waals surface area contributed by atoms with Crippen molar-refractivity contribution in [3.8, 4) is 80.1 Å². The fourth-order valence-electron chi connectivity index (χ4n) is 16.6. The highest BCUT2D eigenvalue weighted by atomic mass is 35.5. The second kappa shape index (κ2) is 41.2. The third-order valence-corrected chi connectivity index (χ3v) is 24.6. The van der Waals surface area contributed by atoms with E-state index < -0.39 is 316 Å². The number of phenols is 4. The molecule has 9 heterocycles. The Bertz CT molecular complexity index is 5580. The number of aliphatic hydroxyl groups excluding tert-OH is 10. The summed E-state index contributed by atoms with van der Waals surface area (Å²) in [6.45, 7) is 2.03. The molecule has 9 aliphatic heterocycles. The van der Waals surface area contributed by atoms with Gasteiger partial charge in [0.2, 0.25) is 65.6 Å². The van der Waals surface area contributed by atoms with Gasteiger partial charge in [-0.3, -0.25) is 38.4 Å². The van der Waals surface area contributed by atoms with E-state index in [1.165, 1.54) is 30.3 Å². The number of carboxylic acid groups (broad SMARTS) is 1. The summed E-state index contributed by atoms with van der Waals surface area (Å²) in [4.78, 5) is 138. The van der Waals surface area contributed by atoms with Gasteiger partial charge in [-0.05, 0) is 125 Å². The number of nitrogens with two attached hydrogens (primary N) is 1. The van der Waals surface area contributed by atoms with Crippen LogP contribution < -0.4 is 72.0 Å². The summed E-state index contributed by atoms with van der Waals surface area (Å²) < 4.78 is 57.5. The first-order valence-corrected chi connectivity index (χ1v) is 43.2. The number of nitrogens with one attached hydrogen (secondary N) is 8. The van der Waals surface area contributed by atoms with E-state index in [0.29, 0.717) is 18.8 Å². The number of halogens is 2. The normalized spacial score (nSPS) is 29.0. The standard InChI is InChI=1S/C89H99Cl2N9O33/c1-4-34(2)9-7-5-6-8-10-61(109)95-69-75(114)72(111)59(32-102)130-88(69)133-79-56-26-41-27-57(79)127-53-18-14-39(24-48(53)91)78(132-87-68(93-35(3)104)74(113)71(110)58(31-101)129-87)70-85(122)99-67(86(123)124)46-29-43(106)30-55(128-89-77(116)76(115)73(112)60(33-103)131-89)62(46)45-23-38(13-15-50(45)107)64(82(119)100-70)97-84(121)66(41)98-83(120)65-40-21-42(105)28-44(22-40)125-54-25-37(12-16-51(54)108)63(92)81(118)94-49(80(117)96-65)20-36-11-17-52(126-56)47(90)19-36/h11-19,21-30,34,49,58-60,63-78,87-89,101-103,105-108,110-116H,4-10,20,31-33,92H2,1-3H3,(H,93,104)(H,94,118)(H,95,109)(H,96,117)(H,97,121)(H,98,120)(H,99,122)(H,100,119)(H,123,124)/t34?,49-,58-,59+,60-,63-,64-,65+,66-,67+,68?,69+,70+,71-,72+,73-,74-,75+,76+,77+,78-,87+,88+,89+/m0/s1. The summed E-state index contributed by atoms with van der Waals surface area (Å²) in [6, 6.07) is 0.677. The van der Waals surface area contributed by atoms with Crippen molar-refractivity contribution in [1.82, 2.24) is 42.5 Å². The molecule has 3 saturated heterocycles. The van der Waals surface area contributed by atoms with E-state index in [1.54, 1.807) is 0 Å². The van der Waals surface area contributed by atoms with Crippen LogP contribution in [0.1, 0.15) is 141 Å². The van der Waals surface area contributed by atoms with E-state index in [4.69, 9.17) is 71.6 Å². The van der Waals surface area contributed by atoms with Crippen LogP contribution in [0.3, 0.4) is 0 Å². The maximum absolute atomic E-state index is 17.0. The molecule has 42 nitrogen and oxygen atoms in total. The van der Waals surface area contributed by atoms with E-state index in [9.17, 15) is 95.8 Å². The Kier molecular flexibility index (Phi) is 30.0. The number of ether oxygens (including phenoxy) is 9. The second-order valence-corrected chi connectivity index (χ2v) is 34.1. The molecule has 44 heteroatoms. The molecule has 8 amide bonds. The topological polar surface area (TPSA) is 662 Å². The smallest absolute Gasteiger partial charge is 0.330 e. The Morgan fingerprint density at radius 1 is 0.511 bits per heavy atom. The number of benzene rings is 7. The van der Waals surface area contributed by atoms with Crippen molar-refractivity contribution in [3.05, 3.63) is 164 Å². The number of carboxylic acids is 1. The van der Waals surface area contributed by atoms with Gasteiger partial charge < -0.3 is 167 Å². The molecule has 7 aromatic carbocycles. The van der Waals surface area contributed by atoms with E-state index in [-0.39, 0.29) is 39.8 Å². The van der Waals surface area contributed by atoms with Crippen LogP contribution in [0.2, 0.25) is 10.0 Å². The number of aromatic hydroxyl groups is 4. The monoisotopic (exact) mass is 1890 g/mol. The zero-order chi connectivity index (χ0) is 95.6. The highest BCUT2D eigenvalue weighted by Crippen LogP contribution is 2.51. The number of amides is 8. The summed E-state index contributed by atoms with van der Waals surface area (Å²) in [5.74, 6) is -19.1. The van der Waals surface area contributed by atoms with E-state index in [2.05, 4.69) is 56.4 Å². The maximum atomic E-state index is 17.0. The number of carbonyl (C=O) groups is 9. The van der Waals surface area contributed by atoms with Gasteiger partial charge in [-0.1, -0.05) is 93.4 Å². The van der Waals surface area contributed by atoms with Crippen LogP contribution in [0.15, 0.2) is 115 Å². The number of unbranched alkanes of at least 4 members (excludes halogenated alkanes) is 3. The van der Waals surface area contributed by atoms with Gasteiger partial charge >= 0.3 is 5.97 Å². The van der Waals surface area contributed by atoms with Crippen molar-refractivity contribution < 1.29 is 162 Å². The molecule has 7 aromatic rings. The number of hydrogen-bond acceptors (Lipinski definition) is 33. The molecule has 0 aliphatic carbocycles. The molecule has 712 valence electrons. The molecule has 9 aliphatic rings. The molecule has 24 atom stereocenters. The number of aliphatic carboxylic acids is 1. The van der Waals surface area contributed by atoms with Gasteiger partial charge in [0.05, 0.1) is 29.9 Å². The van der Waals surface area contributed by atoms with E-state index in [0.717, 1.165) is 118 Å². The van der Waals surface area contributed by atoms with Gasteiger partial charge in [-0.25, -0.2) is 4.79 Å². The fraction of sp³-hybridized carbons (Fsp3) is 0.427. The minimum atomic E-state index is -2.59. The van der Waals surface area contributed by atoms with Crippen molar-refractivity contribution in [3.63, 3.8) is 0 Å². The zero-order valence-corrected chi connectivity index (χ0v) is 72.5. The summed E-state index contributed by atoms with van der Waals surface area (Å²) in [5.41, 5.74) is 2.80. The molecular weight excluding hydrogens is 1790 g/mol. The van der Waals surface area contributed by atoms with Crippen molar-refractivity contribution in [1.29, 1.82) is 0 Å². The SMILES string of the molecule is CCC(C)CCCCCCC(=O)N[C@H]1[C@@H](Oc2c3cc4cc2Oc2ccc(cc2Cl)[C@H](O[C@H]2O[C@@H](CO)[C@H](O)[C@@H](O)C2NC(C)=O)[C@H]2NC(=O)[C@@H](NC(=O)[C@H]4NC(=O)[C@@H]4NC(=O)[C@H](Cc5ccc(c(Cl)c5)O3)NC(=O)[C@@H](N)c3ccc(O)c(c3)Oc3cc(O)cc4c3)c3ccc(O)c(c3)-c3c(O[C@@H]4O[C@@H](CO)[C@H](O)[C@@H](O)[C@H]4O)cc(O)cc3[C@H](C(=O)O)NC2=O)O[C@H](CO)[C@@H](O)[C@@H]1O. The minimum absolute atomic E-state index is 0.0270. The van der Waals surface area contributed by atoms with Crippen LogP contribution in [0.4, 0.5) is 0 Å². The summed E-state index contributed by atoms with van der Waals surface area (Å²) in [7, 11) is 0. The molecule has 0 aromatic heterocycles. The van der Waals surface area contributed by atoms with Crippen molar-refractivity contribution in [2.45, 2.75) is 213 Å². The van der Waals surface area contributed by atoms with Gasteiger partial charge in [0.1, 0.15) is 156 Å². The minimum Gasteiger partial charge on any atom is -0.508 e. The number of hydrogen-bond donors (Lipinski definition) is 24. The molecular formula is C89H99Cl2N9O33. The molecule has 16 rings (SSSR count). The number of aliphatic hydroxyl groups is 10. The second-order valence-electron chi connectivity index (χ2n) is 33.3. The first-order valence-electron chi connectivity index (χ1n) is 42.5. The first-order chi connectivity index (χ1) is 63.4. The summed E-state index contributed by atoms with van der Waals surface area (Å²) in [5, 5.41) is 190. The van der Waals surface area contributed by atoms with Crippen LogP contribution in [0, 0.1) is 5.92 Å². The average Bonchev–Trinajstić information content (AvgIpc) is 0.763. The molecule has 0 spiro atoms. The predicted molar refractivity (Wildman–Crippen MR) is 458 cm³/mol. The molecule has 3 fully saturated rings. The average molecular weight is 1890 g/mol. The molecule has 2 unspecified atom stereocenters. The maximum Gasteiger partial charge on any atom is 0.330 e. The Morgan fingerprint density at radius 2 is 1.07 bits per heavy atom. The van der Waals surface area contributed by atoms with Gasteiger partial charge in [0, 0.05) is 48.6 Å². The lowest BCUT2D eigenvalue weighted by Crippen LogP contribution is -2.65. The lowest BCUT2D eigenvalue weighted by molar-refractivity contribution is -0.284. The largest absolute Gasteiger partial charge is 0.508 e. The highest BCUT2D eigenvalue weighted by molar-refractivity contribution is 6.32. The summed E-state index contributed by atoms with van der Waals surface area (Å²) in [6.07, 6.45) is -24.9. The Labute approximate surface area is 766 Å². The predicted octanol–water partition coefficient (Wildman–Crippen LogP) is 1.41. The molecule has 17 bridgehead atoms. The van der Waals surface area contributed by atoms with E-state index >= 15 is 24.0 Å². The van der Waals surface area contributed by atoms with E-state index in [1.807, 2.05) is 0 Å². The third kappa shape index (κ3) is 21.1. The Morgan fingerprint density at radius 3 is 1.70 bits per heavy atom. The van der Waals surface area contributed by atoms with Crippen LogP contribution in [0.5, 0.6) is 69.0 Å². The lowest BCUT2D eigenvalue weighted by Gasteiger charge is -2.44. The van der Waals surface area contributed by atoms with Gasteiger partial charge in [0.25, 0.3) is 0 Å². The Hall–Kier alpha value is -12.1. The number of carbonyl (C=O) groups excluding carboxylic acids is 8. The first kappa shape index (κ1) is 97.0. The lowest BCUT2D eigenvalue weighted by atomic mass is 9.89. The number of rotatable bonds is 20. The van der Waals surface area contributed by atoms with Crippen LogP contribution >= 0.6 is 23.2 Å². The highest BCUT2D eigenvalue weighted by Gasteiger charge is 2.52. The van der Waals surface area contributed by atoms with Crippen molar-refractivity contribution in [2.24, 2.45) is 11.7 Å². The number of fused-ring (bicyclic) bond motifs is 14. The van der Waals surface area contributed by atoms with Crippen LogP contribution in [-0.2, 0) is 68.5 Å². The Balaban J connectivity index is 1.03. The number of phenolic OH excluding ortho intramolecular Hbond substituents is 4. The molecule has 25 N–H and O–H groups in total. The third-order valence-electron chi connectivity index (χ3n) is 24.0. The van der Waals surface area contributed by atoms with Gasteiger partial charge in [-0.2, -0.15) is 0 Å². The molecule has 0 saturated carbocycles. The van der Waals surface area contributed by atoms with Crippen LogP contribution in [0.25, 0.3) is 11.1 Å².